The molecule has 1 aliphatic carbocycles. The Morgan fingerprint density at radius 2 is 1.14 bits per heavy atom. The average Bonchev–Trinajstić information content (AvgIpc) is 3.90. The molecular formula is C44H52O22. The highest BCUT2D eigenvalue weighted by Crippen LogP contribution is 2.61. The van der Waals surface area contributed by atoms with Crippen LogP contribution in [0.15, 0.2) is 48.7 Å². The summed E-state index contributed by atoms with van der Waals surface area (Å²) in [5.74, 6) is -8.13. The van der Waals surface area contributed by atoms with Gasteiger partial charge in [0.2, 0.25) is 12.6 Å². The second kappa shape index (κ2) is 21.1. The molecule has 4 aliphatic heterocycles. The molecule has 0 unspecified atom stereocenters. The molecule has 16 atom stereocenters. The molecule has 66 heavy (non-hydrogen) atoms. The number of epoxide rings is 1. The Morgan fingerprint density at radius 1 is 0.591 bits per heavy atom. The molecule has 1 aromatic rings. The minimum atomic E-state index is -1.69. The third-order valence-corrected chi connectivity index (χ3v) is 11.0. The Balaban J connectivity index is 1.34. The molecule has 22 nitrogen and oxygen atoms in total. The van der Waals surface area contributed by atoms with Gasteiger partial charge in [-0.3, -0.25) is 33.6 Å². The van der Waals surface area contributed by atoms with Crippen LogP contribution in [0.1, 0.15) is 61.0 Å². The van der Waals surface area contributed by atoms with Crippen LogP contribution in [0.5, 0.6) is 0 Å². The number of fused-ring (bicyclic) bond motifs is 3. The van der Waals surface area contributed by atoms with Crippen LogP contribution >= 0.6 is 0 Å². The standard InChI is InChI=1S/C44H52O22/c1-20-33(57-23(4)47)36(59-25(6)49)39(63-31(52)15-14-28-12-10-9-11-13-28)42(56-20)64-34-29-16-17-53-41(32(29)44(40(34)66-44)19-55-22(3)46)65-43-38(61-27(8)51)37(60-26(7)50)35(58-24(5)48)30(62-43)18-54-21(2)45/h9-17,20,29-30,32-43H,18-19H2,1-8H3/b15-14+/t20-,29+,30+,32+,33-,34-,35+,36+,37-,38+,39+,40-,41-,42-,43-,44+/m0/s1. The van der Waals surface area contributed by atoms with Crippen molar-refractivity contribution in [2.45, 2.75) is 141 Å². The zero-order valence-electron chi connectivity index (χ0n) is 37.3. The van der Waals surface area contributed by atoms with E-state index in [0.29, 0.717) is 5.56 Å². The lowest BCUT2D eigenvalue weighted by Gasteiger charge is -2.46. The summed E-state index contributed by atoms with van der Waals surface area (Å²) in [4.78, 5) is 99.9. The highest BCUT2D eigenvalue weighted by atomic mass is 16.8. The van der Waals surface area contributed by atoms with E-state index in [9.17, 15) is 38.4 Å². The van der Waals surface area contributed by atoms with E-state index in [4.69, 9.17) is 66.3 Å². The van der Waals surface area contributed by atoms with Crippen LogP contribution in [0.4, 0.5) is 0 Å². The van der Waals surface area contributed by atoms with Gasteiger partial charge in [-0.1, -0.05) is 30.3 Å². The van der Waals surface area contributed by atoms with Crippen LogP contribution in [0, 0.1) is 11.8 Å². The Bertz CT molecular complexity index is 2050. The summed E-state index contributed by atoms with van der Waals surface area (Å²) in [6.07, 6.45) is -12.4. The van der Waals surface area contributed by atoms with Gasteiger partial charge in [0, 0.05) is 60.5 Å². The minimum Gasteiger partial charge on any atom is -0.472 e. The number of carbonyl (C=O) groups is 8. The molecule has 4 fully saturated rings. The number of hydrogen-bond donors (Lipinski definition) is 0. The molecule has 5 aliphatic rings. The third kappa shape index (κ3) is 11.7. The zero-order chi connectivity index (χ0) is 48.0. The van der Waals surface area contributed by atoms with Gasteiger partial charge in [0.1, 0.15) is 31.0 Å². The lowest BCUT2D eigenvalue weighted by molar-refractivity contribution is -0.349. The fourth-order valence-electron chi connectivity index (χ4n) is 8.57. The molecule has 0 spiro atoms. The molecule has 22 heteroatoms. The Kier molecular flexibility index (Phi) is 15.8. The summed E-state index contributed by atoms with van der Waals surface area (Å²) in [6, 6.07) is 8.84. The fraction of sp³-hybridized carbons (Fsp3) is 0.591. The van der Waals surface area contributed by atoms with E-state index in [2.05, 4.69) is 0 Å². The van der Waals surface area contributed by atoms with Crippen molar-refractivity contribution in [1.82, 2.24) is 0 Å². The van der Waals surface area contributed by atoms with E-state index in [-0.39, 0.29) is 6.61 Å². The highest BCUT2D eigenvalue weighted by Gasteiger charge is 2.78. The molecule has 3 saturated heterocycles. The monoisotopic (exact) mass is 932 g/mol. The van der Waals surface area contributed by atoms with Gasteiger partial charge in [0.15, 0.2) is 42.9 Å². The van der Waals surface area contributed by atoms with Gasteiger partial charge in [-0.15, -0.1) is 0 Å². The number of rotatable bonds is 16. The van der Waals surface area contributed by atoms with E-state index in [0.717, 1.165) is 47.6 Å². The molecule has 0 radical (unpaired) electrons. The van der Waals surface area contributed by atoms with Crippen LogP contribution < -0.4 is 0 Å². The molecule has 1 saturated carbocycles. The number of ether oxygens (including phenoxy) is 14. The summed E-state index contributed by atoms with van der Waals surface area (Å²) in [5.41, 5.74) is -0.737. The normalized spacial score (nSPS) is 35.1. The molecule has 0 amide bonds. The first-order valence-corrected chi connectivity index (χ1v) is 21.0. The summed E-state index contributed by atoms with van der Waals surface area (Å²) in [5, 5.41) is 0. The third-order valence-electron chi connectivity index (χ3n) is 11.0. The van der Waals surface area contributed by atoms with Gasteiger partial charge in [-0.2, -0.15) is 0 Å². The maximum atomic E-state index is 13.5. The molecule has 0 N–H and O–H groups in total. The van der Waals surface area contributed by atoms with Crippen molar-refractivity contribution in [2.75, 3.05) is 13.2 Å². The summed E-state index contributed by atoms with van der Waals surface area (Å²) in [7, 11) is 0. The topological polar surface area (TPSA) is 269 Å². The van der Waals surface area contributed by atoms with E-state index in [1.165, 1.54) is 26.2 Å². The molecule has 0 bridgehead atoms. The van der Waals surface area contributed by atoms with E-state index in [1.807, 2.05) is 0 Å². The quantitative estimate of drug-likeness (QED) is 0.0984. The van der Waals surface area contributed by atoms with E-state index >= 15 is 0 Å². The largest absolute Gasteiger partial charge is 0.472 e. The molecular weight excluding hydrogens is 880 g/mol. The first-order chi connectivity index (χ1) is 31.3. The number of hydrogen-bond acceptors (Lipinski definition) is 22. The average molecular weight is 933 g/mol. The van der Waals surface area contributed by atoms with Crippen LogP contribution in [-0.4, -0.2) is 146 Å². The maximum Gasteiger partial charge on any atom is 0.331 e. The van der Waals surface area contributed by atoms with Crippen molar-refractivity contribution in [1.29, 1.82) is 0 Å². The summed E-state index contributed by atoms with van der Waals surface area (Å²) < 4.78 is 82.3. The molecule has 4 heterocycles. The first kappa shape index (κ1) is 49.5. The zero-order valence-corrected chi connectivity index (χ0v) is 37.3. The van der Waals surface area contributed by atoms with Gasteiger partial charge in [-0.05, 0) is 24.6 Å². The SMILES string of the molecule is CC(=O)OC[C@H]1O[C@@H](O[C@@H]2OC=C[C@H]3[C@H](O[C@@H]4O[C@@H](C)[C@H](OC(C)=O)[C@@H](OC(C)=O)[C@H]4OC(=O)/C=C/c4ccccc4)[C@@H]4O[C@]4(COC(C)=O)[C@@H]23)[C@H](OC(C)=O)[C@@H](OC(C)=O)[C@@H]1OC(C)=O. The summed E-state index contributed by atoms with van der Waals surface area (Å²) in [6.45, 7) is 8.44. The Labute approximate surface area is 378 Å². The van der Waals surface area contributed by atoms with Gasteiger partial charge >= 0.3 is 47.8 Å². The van der Waals surface area contributed by atoms with Gasteiger partial charge < -0.3 is 66.3 Å². The highest BCUT2D eigenvalue weighted by molar-refractivity contribution is 5.87. The number of esters is 8. The molecule has 6 rings (SSSR count). The maximum absolute atomic E-state index is 13.5. The van der Waals surface area contributed by atoms with Crippen LogP contribution in [-0.2, 0) is 105 Å². The van der Waals surface area contributed by atoms with Crippen molar-refractivity contribution < 1.29 is 105 Å². The lowest BCUT2D eigenvalue weighted by atomic mass is 9.85. The fourth-order valence-corrected chi connectivity index (χ4v) is 8.57. The van der Waals surface area contributed by atoms with Gasteiger partial charge in [-0.25, -0.2) is 4.79 Å². The van der Waals surface area contributed by atoms with Crippen molar-refractivity contribution >= 4 is 53.8 Å². The van der Waals surface area contributed by atoms with Gasteiger partial charge in [0.25, 0.3) is 0 Å². The van der Waals surface area contributed by atoms with Gasteiger partial charge in [0.05, 0.1) is 24.4 Å². The van der Waals surface area contributed by atoms with Crippen molar-refractivity contribution in [2.24, 2.45) is 11.8 Å². The first-order valence-electron chi connectivity index (χ1n) is 21.0. The lowest BCUT2D eigenvalue weighted by Crippen LogP contribution is -2.64. The number of carbonyl (C=O) groups excluding carboxylic acids is 8. The smallest absolute Gasteiger partial charge is 0.331 e. The predicted octanol–water partition coefficient (Wildman–Crippen LogP) is 1.52. The Morgan fingerprint density at radius 3 is 1.74 bits per heavy atom. The predicted molar refractivity (Wildman–Crippen MR) is 214 cm³/mol. The van der Waals surface area contributed by atoms with E-state index in [1.54, 1.807) is 36.4 Å². The van der Waals surface area contributed by atoms with Crippen molar-refractivity contribution in [3.8, 4) is 0 Å². The molecule has 1 aromatic carbocycles. The second-order valence-corrected chi connectivity index (χ2v) is 16.0. The second-order valence-electron chi connectivity index (χ2n) is 16.0. The molecule has 0 aromatic heterocycles. The van der Waals surface area contributed by atoms with E-state index < -0.39 is 152 Å². The van der Waals surface area contributed by atoms with Crippen LogP contribution in [0.25, 0.3) is 6.08 Å². The molecule has 360 valence electrons. The Hall–Kier alpha value is -5.94. The van der Waals surface area contributed by atoms with Crippen molar-refractivity contribution in [3.05, 3.63) is 54.3 Å². The minimum absolute atomic E-state index is 0.362. The number of benzene rings is 1. The van der Waals surface area contributed by atoms with Crippen molar-refractivity contribution in [3.63, 3.8) is 0 Å². The summed E-state index contributed by atoms with van der Waals surface area (Å²) >= 11 is 0. The van der Waals surface area contributed by atoms with Crippen LogP contribution in [0.2, 0.25) is 0 Å². The van der Waals surface area contributed by atoms with Crippen LogP contribution in [0.3, 0.4) is 0 Å².